The normalized spacial score (nSPS) is 20.8. The summed E-state index contributed by atoms with van der Waals surface area (Å²) >= 11 is 0. The predicted octanol–water partition coefficient (Wildman–Crippen LogP) is 1.69. The summed E-state index contributed by atoms with van der Waals surface area (Å²) in [6, 6.07) is 6.95. The first-order chi connectivity index (χ1) is 7.66. The van der Waals surface area contributed by atoms with Crippen LogP contribution in [0.3, 0.4) is 0 Å². The van der Waals surface area contributed by atoms with Gasteiger partial charge < -0.3 is 15.1 Å². The number of aliphatic carboxylic acids is 1. The Labute approximate surface area is 94.1 Å². The summed E-state index contributed by atoms with van der Waals surface area (Å²) in [5.41, 5.74) is 0.894. The Morgan fingerprint density at radius 1 is 1.44 bits per heavy atom. The Morgan fingerprint density at radius 3 is 2.94 bits per heavy atom. The van der Waals surface area contributed by atoms with Crippen LogP contribution in [-0.4, -0.2) is 29.3 Å². The van der Waals surface area contributed by atoms with Crippen LogP contribution < -0.4 is 4.90 Å². The van der Waals surface area contributed by atoms with E-state index in [4.69, 9.17) is 5.11 Å². The maximum absolute atomic E-state index is 10.9. The number of carbonyl (C=O) groups is 1. The molecule has 0 amide bonds. The van der Waals surface area contributed by atoms with E-state index < -0.39 is 5.97 Å². The molecule has 4 heteroatoms. The third kappa shape index (κ3) is 2.27. The maximum Gasteiger partial charge on any atom is 0.308 e. The highest BCUT2D eigenvalue weighted by atomic mass is 16.4. The number of rotatable bonds is 2. The van der Waals surface area contributed by atoms with E-state index in [0.29, 0.717) is 6.54 Å². The summed E-state index contributed by atoms with van der Waals surface area (Å²) in [5, 5.41) is 18.4. The number of nitrogens with zero attached hydrogens (tertiary/aromatic N) is 1. The number of phenols is 1. The molecule has 1 heterocycles. The molecule has 0 aromatic heterocycles. The van der Waals surface area contributed by atoms with Crippen LogP contribution in [0.5, 0.6) is 5.75 Å². The molecule has 1 aliphatic rings. The first-order valence-corrected chi connectivity index (χ1v) is 5.43. The van der Waals surface area contributed by atoms with Crippen molar-refractivity contribution in [3.05, 3.63) is 24.3 Å². The van der Waals surface area contributed by atoms with Crippen molar-refractivity contribution in [1.29, 1.82) is 0 Å². The first kappa shape index (κ1) is 10.8. The molecule has 0 bridgehead atoms. The van der Waals surface area contributed by atoms with Gasteiger partial charge in [-0.1, -0.05) is 6.07 Å². The Bertz CT molecular complexity index is 392. The lowest BCUT2D eigenvalue weighted by Gasteiger charge is -2.32. The fourth-order valence-electron chi connectivity index (χ4n) is 2.10. The number of carboxylic acids is 1. The van der Waals surface area contributed by atoms with E-state index in [-0.39, 0.29) is 11.7 Å². The van der Waals surface area contributed by atoms with Gasteiger partial charge in [-0.15, -0.1) is 0 Å². The molecule has 86 valence electrons. The van der Waals surface area contributed by atoms with E-state index in [1.165, 1.54) is 0 Å². The molecule has 1 fully saturated rings. The fraction of sp³-hybridized carbons (Fsp3) is 0.417. The fourth-order valence-corrected chi connectivity index (χ4v) is 2.10. The number of aromatic hydroxyl groups is 1. The number of phenolic OH excluding ortho intramolecular Hbond substituents is 1. The van der Waals surface area contributed by atoms with Gasteiger partial charge in [-0.25, -0.2) is 0 Å². The Kier molecular flexibility index (Phi) is 2.99. The van der Waals surface area contributed by atoms with Gasteiger partial charge in [0, 0.05) is 24.8 Å². The zero-order valence-electron chi connectivity index (χ0n) is 8.97. The summed E-state index contributed by atoms with van der Waals surface area (Å²) in [4.78, 5) is 12.9. The lowest BCUT2D eigenvalue weighted by Crippen LogP contribution is -2.38. The molecule has 1 unspecified atom stereocenters. The molecule has 0 saturated carbocycles. The zero-order chi connectivity index (χ0) is 11.5. The molecule has 0 radical (unpaired) electrons. The van der Waals surface area contributed by atoms with Gasteiger partial charge in [-0.2, -0.15) is 0 Å². The topological polar surface area (TPSA) is 60.8 Å². The van der Waals surface area contributed by atoms with Crippen LogP contribution >= 0.6 is 0 Å². The van der Waals surface area contributed by atoms with Crippen LogP contribution in [-0.2, 0) is 4.79 Å². The van der Waals surface area contributed by atoms with E-state index in [1.807, 2.05) is 11.0 Å². The van der Waals surface area contributed by atoms with Gasteiger partial charge in [0.15, 0.2) is 0 Å². The second-order valence-corrected chi connectivity index (χ2v) is 4.14. The minimum atomic E-state index is -0.732. The van der Waals surface area contributed by atoms with Gasteiger partial charge in [0.2, 0.25) is 0 Å². The van der Waals surface area contributed by atoms with Crippen molar-refractivity contribution < 1.29 is 15.0 Å². The molecule has 1 aromatic rings. The highest BCUT2D eigenvalue weighted by Crippen LogP contribution is 2.25. The van der Waals surface area contributed by atoms with Crippen molar-refractivity contribution >= 4 is 11.7 Å². The Balaban J connectivity index is 2.12. The van der Waals surface area contributed by atoms with Crippen LogP contribution in [0.25, 0.3) is 0 Å². The summed E-state index contributed by atoms with van der Waals surface area (Å²) < 4.78 is 0. The minimum Gasteiger partial charge on any atom is -0.508 e. The maximum atomic E-state index is 10.9. The molecule has 1 saturated heterocycles. The number of anilines is 1. The largest absolute Gasteiger partial charge is 0.508 e. The number of benzene rings is 1. The van der Waals surface area contributed by atoms with Crippen molar-refractivity contribution in [1.82, 2.24) is 0 Å². The second kappa shape index (κ2) is 4.43. The quantitative estimate of drug-likeness (QED) is 0.797. The zero-order valence-corrected chi connectivity index (χ0v) is 8.97. The highest BCUT2D eigenvalue weighted by molar-refractivity contribution is 5.71. The number of hydrogen-bond donors (Lipinski definition) is 2. The lowest BCUT2D eigenvalue weighted by atomic mass is 9.98. The molecule has 16 heavy (non-hydrogen) atoms. The van der Waals surface area contributed by atoms with Crippen LogP contribution in [0.15, 0.2) is 24.3 Å². The Hall–Kier alpha value is -1.71. The molecule has 0 spiro atoms. The van der Waals surface area contributed by atoms with E-state index in [9.17, 15) is 9.90 Å². The molecule has 4 nitrogen and oxygen atoms in total. The van der Waals surface area contributed by atoms with Gasteiger partial charge in [0.25, 0.3) is 0 Å². The van der Waals surface area contributed by atoms with Gasteiger partial charge in [0.05, 0.1) is 5.92 Å². The summed E-state index contributed by atoms with van der Waals surface area (Å²) in [6.07, 6.45) is 1.62. The molecule has 0 aliphatic carbocycles. The van der Waals surface area contributed by atoms with E-state index in [1.54, 1.807) is 18.2 Å². The van der Waals surface area contributed by atoms with Crippen LogP contribution in [0, 0.1) is 5.92 Å². The summed E-state index contributed by atoms with van der Waals surface area (Å²) in [6.45, 7) is 1.38. The van der Waals surface area contributed by atoms with Gasteiger partial charge in [-0.3, -0.25) is 4.79 Å². The summed E-state index contributed by atoms with van der Waals surface area (Å²) in [5.74, 6) is -0.809. The van der Waals surface area contributed by atoms with Crippen molar-refractivity contribution in [2.45, 2.75) is 12.8 Å². The molecular weight excluding hydrogens is 206 g/mol. The molecular formula is C12H15NO3. The molecule has 1 aliphatic heterocycles. The number of carboxylic acid groups (broad SMARTS) is 1. The monoisotopic (exact) mass is 221 g/mol. The first-order valence-electron chi connectivity index (χ1n) is 5.43. The lowest BCUT2D eigenvalue weighted by molar-refractivity contribution is -0.141. The SMILES string of the molecule is O=C(O)C1CCCN(c2cccc(O)c2)C1. The average Bonchev–Trinajstić information content (AvgIpc) is 2.29. The molecule has 2 N–H and O–H groups in total. The average molecular weight is 221 g/mol. The second-order valence-electron chi connectivity index (χ2n) is 4.14. The van der Waals surface area contributed by atoms with Crippen molar-refractivity contribution in [2.24, 2.45) is 5.92 Å². The summed E-state index contributed by atoms with van der Waals surface area (Å²) in [7, 11) is 0. The van der Waals surface area contributed by atoms with Crippen molar-refractivity contribution in [2.75, 3.05) is 18.0 Å². The van der Waals surface area contributed by atoms with Gasteiger partial charge in [0.1, 0.15) is 5.75 Å². The van der Waals surface area contributed by atoms with Crippen molar-refractivity contribution in [3.63, 3.8) is 0 Å². The standard InChI is InChI=1S/C12H15NO3/c14-11-5-1-4-10(7-11)13-6-2-3-9(8-13)12(15)16/h1,4-5,7,9,14H,2-3,6,8H2,(H,15,16). The van der Waals surface area contributed by atoms with Crippen LogP contribution in [0.2, 0.25) is 0 Å². The van der Waals surface area contributed by atoms with E-state index >= 15 is 0 Å². The molecule has 1 atom stereocenters. The molecule has 1 aromatic carbocycles. The van der Waals surface area contributed by atoms with Crippen molar-refractivity contribution in [3.8, 4) is 5.75 Å². The number of hydrogen-bond acceptors (Lipinski definition) is 3. The smallest absolute Gasteiger partial charge is 0.308 e. The minimum absolute atomic E-state index is 0.218. The third-order valence-electron chi connectivity index (χ3n) is 2.97. The predicted molar refractivity (Wildman–Crippen MR) is 60.7 cm³/mol. The van der Waals surface area contributed by atoms with E-state index in [0.717, 1.165) is 25.1 Å². The molecule has 2 rings (SSSR count). The van der Waals surface area contributed by atoms with Gasteiger partial charge in [-0.05, 0) is 25.0 Å². The van der Waals surface area contributed by atoms with Crippen LogP contribution in [0.1, 0.15) is 12.8 Å². The van der Waals surface area contributed by atoms with Gasteiger partial charge >= 0.3 is 5.97 Å². The number of piperidine rings is 1. The van der Waals surface area contributed by atoms with Crippen LogP contribution in [0.4, 0.5) is 5.69 Å². The Morgan fingerprint density at radius 2 is 2.25 bits per heavy atom. The van der Waals surface area contributed by atoms with E-state index in [2.05, 4.69) is 0 Å². The third-order valence-corrected chi connectivity index (χ3v) is 2.97. The highest BCUT2D eigenvalue weighted by Gasteiger charge is 2.25.